The van der Waals surface area contributed by atoms with Gasteiger partial charge in [-0.15, -0.1) is 11.8 Å². The molecule has 2 aromatic rings. The van der Waals surface area contributed by atoms with Crippen LogP contribution in [0.15, 0.2) is 41.4 Å². The van der Waals surface area contributed by atoms with E-state index in [2.05, 4.69) is 36.2 Å². The predicted molar refractivity (Wildman–Crippen MR) is 72.9 cm³/mol. The molecule has 18 heavy (non-hydrogen) atoms. The number of nitrogens with zero attached hydrogens (tertiary/aromatic N) is 1. The molecule has 2 N–H and O–H groups in total. The van der Waals surface area contributed by atoms with Gasteiger partial charge < -0.3 is 10.2 Å². The van der Waals surface area contributed by atoms with Crippen LogP contribution in [0.1, 0.15) is 18.1 Å². The van der Waals surface area contributed by atoms with Crippen LogP contribution >= 0.6 is 11.8 Å². The smallest absolute Gasteiger partial charge is 0.254 e. The molecule has 0 spiro atoms. The minimum absolute atomic E-state index is 0.179. The van der Waals surface area contributed by atoms with Crippen LogP contribution in [-0.2, 0) is 12.2 Å². The first-order valence-electron chi connectivity index (χ1n) is 5.77. The van der Waals surface area contributed by atoms with E-state index in [1.807, 2.05) is 0 Å². The van der Waals surface area contributed by atoms with Gasteiger partial charge in [0.2, 0.25) is 0 Å². The Labute approximate surface area is 111 Å². The van der Waals surface area contributed by atoms with Gasteiger partial charge in [-0.2, -0.15) is 0 Å². The number of thioether (sulfide) groups is 1. The Morgan fingerprint density at radius 2 is 1.78 bits per heavy atom. The topological polar surface area (TPSA) is 53.4 Å². The van der Waals surface area contributed by atoms with E-state index in [1.165, 1.54) is 17.2 Å². The summed E-state index contributed by atoms with van der Waals surface area (Å²) < 4.78 is 0. The van der Waals surface area contributed by atoms with Crippen LogP contribution in [-0.4, -0.2) is 15.2 Å². The SMILES string of the molecule is CCc1ccc(CSc2cnc(O)c(O)c2)cc1. The fourth-order valence-corrected chi connectivity index (χ4v) is 2.39. The fraction of sp³-hybridized carbons (Fsp3) is 0.214. The minimum Gasteiger partial charge on any atom is -0.503 e. The highest BCUT2D eigenvalue weighted by molar-refractivity contribution is 7.98. The molecule has 0 aliphatic rings. The molecule has 0 atom stereocenters. The van der Waals surface area contributed by atoms with E-state index in [9.17, 15) is 5.11 Å². The second kappa shape index (κ2) is 5.78. The fourth-order valence-electron chi connectivity index (χ4n) is 1.54. The second-order valence-corrected chi connectivity index (χ2v) is 5.02. The quantitative estimate of drug-likeness (QED) is 0.829. The molecular weight excluding hydrogens is 246 g/mol. The number of hydrogen-bond donors (Lipinski definition) is 2. The zero-order valence-corrected chi connectivity index (χ0v) is 10.9. The van der Waals surface area contributed by atoms with Gasteiger partial charge in [-0.05, 0) is 17.5 Å². The maximum absolute atomic E-state index is 9.34. The summed E-state index contributed by atoms with van der Waals surface area (Å²) in [5.41, 5.74) is 2.55. The molecule has 0 unspecified atom stereocenters. The minimum atomic E-state index is -0.327. The maximum atomic E-state index is 9.34. The summed E-state index contributed by atoms with van der Waals surface area (Å²) in [6.45, 7) is 2.13. The number of rotatable bonds is 4. The van der Waals surface area contributed by atoms with Crippen LogP contribution in [0.2, 0.25) is 0 Å². The Morgan fingerprint density at radius 1 is 1.11 bits per heavy atom. The molecule has 1 aromatic carbocycles. The zero-order chi connectivity index (χ0) is 13.0. The molecule has 1 aromatic heterocycles. The Morgan fingerprint density at radius 3 is 2.39 bits per heavy atom. The molecular formula is C14H15NO2S. The van der Waals surface area contributed by atoms with Gasteiger partial charge in [0, 0.05) is 22.9 Å². The van der Waals surface area contributed by atoms with Gasteiger partial charge in [-0.1, -0.05) is 31.2 Å². The number of aryl methyl sites for hydroxylation is 1. The lowest BCUT2D eigenvalue weighted by atomic mass is 10.1. The molecule has 0 radical (unpaired) electrons. The lowest BCUT2D eigenvalue weighted by Gasteiger charge is -2.04. The highest BCUT2D eigenvalue weighted by Crippen LogP contribution is 2.29. The summed E-state index contributed by atoms with van der Waals surface area (Å²) >= 11 is 1.58. The van der Waals surface area contributed by atoms with E-state index in [-0.39, 0.29) is 11.6 Å². The molecule has 0 bridgehead atoms. The van der Waals surface area contributed by atoms with Crippen molar-refractivity contribution in [1.29, 1.82) is 0 Å². The number of pyridine rings is 1. The molecule has 0 aliphatic heterocycles. The number of benzene rings is 1. The molecule has 0 saturated carbocycles. The van der Waals surface area contributed by atoms with Crippen molar-refractivity contribution in [3.05, 3.63) is 47.7 Å². The third-order valence-corrected chi connectivity index (χ3v) is 3.69. The van der Waals surface area contributed by atoms with Crippen LogP contribution in [0.3, 0.4) is 0 Å². The summed E-state index contributed by atoms with van der Waals surface area (Å²) in [6, 6.07) is 10.00. The van der Waals surface area contributed by atoms with E-state index < -0.39 is 0 Å². The van der Waals surface area contributed by atoms with Gasteiger partial charge >= 0.3 is 0 Å². The van der Waals surface area contributed by atoms with Crippen molar-refractivity contribution in [2.45, 2.75) is 24.0 Å². The molecule has 94 valence electrons. The lowest BCUT2D eigenvalue weighted by molar-refractivity contribution is 0.387. The van der Waals surface area contributed by atoms with Crippen LogP contribution in [0.5, 0.6) is 11.6 Å². The molecule has 0 aliphatic carbocycles. The Kier molecular flexibility index (Phi) is 4.10. The first kappa shape index (κ1) is 12.8. The summed E-state index contributed by atoms with van der Waals surface area (Å²) in [5, 5.41) is 18.5. The van der Waals surface area contributed by atoms with Crippen molar-refractivity contribution >= 4 is 11.8 Å². The molecule has 3 nitrogen and oxygen atoms in total. The highest BCUT2D eigenvalue weighted by atomic mass is 32.2. The second-order valence-electron chi connectivity index (χ2n) is 3.97. The number of hydrogen-bond acceptors (Lipinski definition) is 4. The highest BCUT2D eigenvalue weighted by Gasteiger charge is 2.03. The average molecular weight is 261 g/mol. The number of aromatic hydroxyl groups is 2. The first-order chi connectivity index (χ1) is 8.69. The van der Waals surface area contributed by atoms with E-state index >= 15 is 0 Å². The molecule has 0 amide bonds. The first-order valence-corrected chi connectivity index (χ1v) is 6.76. The molecule has 0 saturated heterocycles. The summed E-state index contributed by atoms with van der Waals surface area (Å²) in [4.78, 5) is 4.54. The van der Waals surface area contributed by atoms with E-state index in [0.717, 1.165) is 17.1 Å². The Hall–Kier alpha value is -1.68. The lowest BCUT2D eigenvalue weighted by Crippen LogP contribution is -1.84. The predicted octanol–water partition coefficient (Wildman–Crippen LogP) is 3.35. The van der Waals surface area contributed by atoms with Crippen molar-refractivity contribution in [1.82, 2.24) is 4.98 Å². The third kappa shape index (κ3) is 3.17. The van der Waals surface area contributed by atoms with Crippen molar-refractivity contribution in [2.75, 3.05) is 0 Å². The van der Waals surface area contributed by atoms with Gasteiger partial charge in [-0.25, -0.2) is 4.98 Å². The molecule has 1 heterocycles. The largest absolute Gasteiger partial charge is 0.503 e. The monoisotopic (exact) mass is 261 g/mol. The van der Waals surface area contributed by atoms with Gasteiger partial charge in [0.1, 0.15) is 0 Å². The van der Waals surface area contributed by atoms with Gasteiger partial charge in [0.25, 0.3) is 5.88 Å². The molecule has 0 fully saturated rings. The standard InChI is InChI=1S/C14H15NO2S/c1-2-10-3-5-11(6-4-10)9-18-12-7-13(16)14(17)15-8-12/h3-8,16H,2,9H2,1H3,(H,15,17). The molecule has 2 rings (SSSR count). The Bertz CT molecular complexity index is 526. The normalized spacial score (nSPS) is 10.5. The van der Waals surface area contributed by atoms with Crippen LogP contribution in [0.4, 0.5) is 0 Å². The van der Waals surface area contributed by atoms with Crippen LogP contribution < -0.4 is 0 Å². The van der Waals surface area contributed by atoms with Gasteiger partial charge in [0.15, 0.2) is 5.75 Å². The van der Waals surface area contributed by atoms with Crippen molar-refractivity contribution in [3.63, 3.8) is 0 Å². The summed E-state index contributed by atoms with van der Waals surface area (Å²) in [6.07, 6.45) is 2.60. The zero-order valence-electron chi connectivity index (χ0n) is 10.1. The average Bonchev–Trinajstić information content (AvgIpc) is 2.41. The van der Waals surface area contributed by atoms with Crippen LogP contribution in [0.25, 0.3) is 0 Å². The summed E-state index contributed by atoms with van der Waals surface area (Å²) in [7, 11) is 0. The Balaban J connectivity index is 1.99. The van der Waals surface area contributed by atoms with Crippen molar-refractivity contribution < 1.29 is 10.2 Å². The number of aromatic nitrogens is 1. The van der Waals surface area contributed by atoms with Crippen molar-refractivity contribution in [2.24, 2.45) is 0 Å². The van der Waals surface area contributed by atoms with E-state index in [1.54, 1.807) is 18.0 Å². The maximum Gasteiger partial charge on any atom is 0.254 e. The van der Waals surface area contributed by atoms with Crippen LogP contribution in [0, 0.1) is 0 Å². The van der Waals surface area contributed by atoms with Gasteiger partial charge in [0.05, 0.1) is 0 Å². The summed E-state index contributed by atoms with van der Waals surface area (Å²) in [5.74, 6) is 0.309. The van der Waals surface area contributed by atoms with E-state index in [0.29, 0.717) is 0 Å². The van der Waals surface area contributed by atoms with E-state index in [4.69, 9.17) is 5.11 Å². The molecule has 4 heteroatoms. The third-order valence-electron chi connectivity index (χ3n) is 2.66. The van der Waals surface area contributed by atoms with Crippen molar-refractivity contribution in [3.8, 4) is 11.6 Å². The van der Waals surface area contributed by atoms with Gasteiger partial charge in [-0.3, -0.25) is 0 Å².